The lowest BCUT2D eigenvalue weighted by atomic mass is 10.1. The van der Waals surface area contributed by atoms with Gasteiger partial charge in [-0.25, -0.2) is 4.98 Å². The lowest BCUT2D eigenvalue weighted by Crippen LogP contribution is -2.41. The fourth-order valence-corrected chi connectivity index (χ4v) is 1.36. The number of hydrogen-bond acceptors (Lipinski definition) is 5. The molecular weight excluding hydrogens is 230 g/mol. The van der Waals surface area contributed by atoms with Crippen molar-refractivity contribution in [2.75, 3.05) is 24.2 Å². The molecule has 6 heteroatoms. The summed E-state index contributed by atoms with van der Waals surface area (Å²) >= 11 is 0. The number of anilines is 2. The Labute approximate surface area is 108 Å². The van der Waals surface area contributed by atoms with Crippen LogP contribution in [0.15, 0.2) is 12.4 Å². The SMILES string of the molecule is CNc1cncc(NCCC(=O)NC(C)(C)C)n1. The second-order valence-electron chi connectivity index (χ2n) is 5.01. The molecule has 3 N–H and O–H groups in total. The molecule has 0 atom stereocenters. The van der Waals surface area contributed by atoms with Crippen molar-refractivity contribution < 1.29 is 4.79 Å². The summed E-state index contributed by atoms with van der Waals surface area (Å²) in [6, 6.07) is 0. The molecular formula is C12H21N5O. The number of rotatable bonds is 5. The lowest BCUT2D eigenvalue weighted by molar-refractivity contribution is -0.122. The van der Waals surface area contributed by atoms with E-state index in [2.05, 4.69) is 25.9 Å². The molecule has 1 rings (SSSR count). The summed E-state index contributed by atoms with van der Waals surface area (Å²) in [4.78, 5) is 19.8. The van der Waals surface area contributed by atoms with Crippen LogP contribution in [-0.4, -0.2) is 35.0 Å². The summed E-state index contributed by atoms with van der Waals surface area (Å²) in [5.74, 6) is 1.37. The summed E-state index contributed by atoms with van der Waals surface area (Å²) in [6.07, 6.45) is 3.67. The minimum Gasteiger partial charge on any atom is -0.372 e. The van der Waals surface area contributed by atoms with Crippen molar-refractivity contribution in [1.29, 1.82) is 0 Å². The zero-order chi connectivity index (χ0) is 13.6. The zero-order valence-electron chi connectivity index (χ0n) is 11.4. The third-order valence-electron chi connectivity index (χ3n) is 2.06. The molecule has 0 unspecified atom stereocenters. The van der Waals surface area contributed by atoms with Crippen LogP contribution in [0, 0.1) is 0 Å². The first-order valence-corrected chi connectivity index (χ1v) is 5.95. The van der Waals surface area contributed by atoms with Crippen molar-refractivity contribution in [3.8, 4) is 0 Å². The van der Waals surface area contributed by atoms with Gasteiger partial charge in [0, 0.05) is 25.6 Å². The summed E-state index contributed by atoms with van der Waals surface area (Å²) in [7, 11) is 1.78. The number of carbonyl (C=O) groups excluding carboxylic acids is 1. The van der Waals surface area contributed by atoms with E-state index < -0.39 is 0 Å². The van der Waals surface area contributed by atoms with Crippen LogP contribution >= 0.6 is 0 Å². The van der Waals surface area contributed by atoms with E-state index in [0.29, 0.717) is 24.6 Å². The van der Waals surface area contributed by atoms with Gasteiger partial charge in [-0.05, 0) is 20.8 Å². The fourth-order valence-electron chi connectivity index (χ4n) is 1.36. The summed E-state index contributed by atoms with van der Waals surface area (Å²) < 4.78 is 0. The molecule has 0 saturated carbocycles. The van der Waals surface area contributed by atoms with Gasteiger partial charge in [-0.1, -0.05) is 0 Å². The monoisotopic (exact) mass is 251 g/mol. The molecule has 0 bridgehead atoms. The van der Waals surface area contributed by atoms with Gasteiger partial charge < -0.3 is 16.0 Å². The molecule has 0 radical (unpaired) electrons. The molecule has 1 heterocycles. The maximum Gasteiger partial charge on any atom is 0.222 e. The van der Waals surface area contributed by atoms with E-state index in [-0.39, 0.29) is 11.4 Å². The average molecular weight is 251 g/mol. The molecule has 1 aromatic heterocycles. The van der Waals surface area contributed by atoms with Gasteiger partial charge in [-0.2, -0.15) is 0 Å². The van der Waals surface area contributed by atoms with Crippen LogP contribution < -0.4 is 16.0 Å². The summed E-state index contributed by atoms with van der Waals surface area (Å²) in [5.41, 5.74) is -0.192. The molecule has 1 amide bonds. The highest BCUT2D eigenvalue weighted by Gasteiger charge is 2.12. The topological polar surface area (TPSA) is 78.9 Å². The number of nitrogens with zero attached hydrogens (tertiary/aromatic N) is 2. The molecule has 0 saturated heterocycles. The van der Waals surface area contributed by atoms with E-state index in [1.807, 2.05) is 20.8 Å². The van der Waals surface area contributed by atoms with Crippen molar-refractivity contribution in [1.82, 2.24) is 15.3 Å². The van der Waals surface area contributed by atoms with Crippen LogP contribution in [0.25, 0.3) is 0 Å². The van der Waals surface area contributed by atoms with Crippen LogP contribution in [0.4, 0.5) is 11.6 Å². The van der Waals surface area contributed by atoms with Gasteiger partial charge in [0.1, 0.15) is 11.6 Å². The lowest BCUT2D eigenvalue weighted by Gasteiger charge is -2.20. The van der Waals surface area contributed by atoms with Crippen LogP contribution in [-0.2, 0) is 4.79 Å². The van der Waals surface area contributed by atoms with Crippen molar-refractivity contribution in [3.63, 3.8) is 0 Å². The zero-order valence-corrected chi connectivity index (χ0v) is 11.4. The average Bonchev–Trinajstić information content (AvgIpc) is 2.27. The standard InChI is InChI=1S/C12H21N5O/c1-12(2,3)17-11(18)5-6-15-10-8-14-7-9(13-4)16-10/h7-8H,5-6H2,1-4H3,(H,17,18)(H2,13,15,16). The van der Waals surface area contributed by atoms with Crippen molar-refractivity contribution in [2.24, 2.45) is 0 Å². The van der Waals surface area contributed by atoms with Crippen LogP contribution in [0.3, 0.4) is 0 Å². The Bertz CT molecular complexity index is 400. The van der Waals surface area contributed by atoms with Crippen LogP contribution in [0.2, 0.25) is 0 Å². The highest BCUT2D eigenvalue weighted by atomic mass is 16.1. The largest absolute Gasteiger partial charge is 0.372 e. The Morgan fingerprint density at radius 3 is 2.56 bits per heavy atom. The summed E-state index contributed by atoms with van der Waals surface area (Å²) in [5, 5.41) is 8.87. The minimum atomic E-state index is -0.192. The normalized spacial score (nSPS) is 10.9. The van der Waals surface area contributed by atoms with Crippen molar-refractivity contribution in [2.45, 2.75) is 32.7 Å². The third kappa shape index (κ3) is 5.47. The van der Waals surface area contributed by atoms with E-state index in [1.54, 1.807) is 19.4 Å². The number of aromatic nitrogens is 2. The summed E-state index contributed by atoms with van der Waals surface area (Å²) in [6.45, 7) is 6.41. The molecule has 0 aliphatic carbocycles. The van der Waals surface area contributed by atoms with E-state index in [0.717, 1.165) is 0 Å². The predicted octanol–water partition coefficient (Wildman–Crippen LogP) is 1.23. The Morgan fingerprint density at radius 2 is 1.94 bits per heavy atom. The van der Waals surface area contributed by atoms with Gasteiger partial charge in [-0.3, -0.25) is 9.78 Å². The van der Waals surface area contributed by atoms with Crippen molar-refractivity contribution in [3.05, 3.63) is 12.4 Å². The second kappa shape index (κ2) is 6.18. The molecule has 100 valence electrons. The highest BCUT2D eigenvalue weighted by molar-refractivity contribution is 5.77. The first kappa shape index (κ1) is 14.2. The maximum atomic E-state index is 11.6. The van der Waals surface area contributed by atoms with E-state index in [1.165, 1.54) is 0 Å². The number of nitrogens with one attached hydrogen (secondary N) is 3. The first-order chi connectivity index (χ1) is 8.40. The van der Waals surface area contributed by atoms with Crippen LogP contribution in [0.5, 0.6) is 0 Å². The molecule has 0 spiro atoms. The number of carbonyl (C=O) groups is 1. The molecule has 0 aliphatic rings. The van der Waals surface area contributed by atoms with Gasteiger partial charge in [-0.15, -0.1) is 0 Å². The quantitative estimate of drug-likeness (QED) is 0.733. The smallest absolute Gasteiger partial charge is 0.222 e. The molecule has 0 fully saturated rings. The van der Waals surface area contributed by atoms with Crippen molar-refractivity contribution >= 4 is 17.5 Å². The van der Waals surface area contributed by atoms with Gasteiger partial charge >= 0.3 is 0 Å². The minimum absolute atomic E-state index is 0.0210. The molecule has 0 aliphatic heterocycles. The van der Waals surface area contributed by atoms with E-state index in [9.17, 15) is 4.79 Å². The van der Waals surface area contributed by atoms with E-state index in [4.69, 9.17) is 0 Å². The Balaban J connectivity index is 2.35. The molecule has 18 heavy (non-hydrogen) atoms. The Hall–Kier alpha value is -1.85. The molecule has 6 nitrogen and oxygen atoms in total. The molecule has 1 aromatic rings. The number of amides is 1. The third-order valence-corrected chi connectivity index (χ3v) is 2.06. The van der Waals surface area contributed by atoms with Gasteiger partial charge in [0.15, 0.2) is 0 Å². The van der Waals surface area contributed by atoms with E-state index >= 15 is 0 Å². The number of hydrogen-bond donors (Lipinski definition) is 3. The second-order valence-corrected chi connectivity index (χ2v) is 5.01. The first-order valence-electron chi connectivity index (χ1n) is 5.95. The maximum absolute atomic E-state index is 11.6. The fraction of sp³-hybridized carbons (Fsp3) is 0.583. The highest BCUT2D eigenvalue weighted by Crippen LogP contribution is 2.05. The van der Waals surface area contributed by atoms with Gasteiger partial charge in [0.25, 0.3) is 0 Å². The molecule has 0 aromatic carbocycles. The predicted molar refractivity (Wildman–Crippen MR) is 72.6 cm³/mol. The Morgan fingerprint density at radius 1 is 1.28 bits per heavy atom. The Kier molecular flexibility index (Phi) is 4.88. The van der Waals surface area contributed by atoms with Crippen LogP contribution in [0.1, 0.15) is 27.2 Å². The van der Waals surface area contributed by atoms with Gasteiger partial charge in [0.2, 0.25) is 5.91 Å². The van der Waals surface area contributed by atoms with Gasteiger partial charge in [0.05, 0.1) is 12.4 Å².